The summed E-state index contributed by atoms with van der Waals surface area (Å²) in [5, 5.41) is 6.37. The average molecular weight is 407 g/mol. The van der Waals surface area contributed by atoms with Crippen LogP contribution in [-0.4, -0.2) is 28.9 Å². The first kappa shape index (κ1) is 20.2. The van der Waals surface area contributed by atoms with Crippen LogP contribution in [0.4, 0.5) is 32.0 Å². The SMILES string of the molecule is O=C(Nc1cnn(C2CCOCC2)c1)c1cc(C(F)(F)F)cc(C(F)(F)F)c1. The second-order valence-corrected chi connectivity index (χ2v) is 6.30. The smallest absolute Gasteiger partial charge is 0.381 e. The minimum absolute atomic E-state index is 0.0278. The number of nitrogens with zero attached hydrogens (tertiary/aromatic N) is 2. The minimum atomic E-state index is -5.02. The highest BCUT2D eigenvalue weighted by Gasteiger charge is 2.37. The van der Waals surface area contributed by atoms with E-state index in [1.54, 1.807) is 4.68 Å². The van der Waals surface area contributed by atoms with E-state index in [0.29, 0.717) is 38.2 Å². The zero-order valence-corrected chi connectivity index (χ0v) is 14.3. The molecule has 0 bridgehead atoms. The molecular weight excluding hydrogens is 392 g/mol. The van der Waals surface area contributed by atoms with E-state index in [9.17, 15) is 31.1 Å². The zero-order valence-electron chi connectivity index (χ0n) is 14.3. The van der Waals surface area contributed by atoms with Crippen molar-refractivity contribution in [2.45, 2.75) is 31.2 Å². The molecule has 3 rings (SSSR count). The van der Waals surface area contributed by atoms with Crippen LogP contribution in [0.15, 0.2) is 30.6 Å². The number of nitrogens with one attached hydrogen (secondary N) is 1. The van der Waals surface area contributed by atoms with E-state index in [1.807, 2.05) is 0 Å². The maximum Gasteiger partial charge on any atom is 0.416 e. The van der Waals surface area contributed by atoms with Gasteiger partial charge in [0.25, 0.3) is 5.91 Å². The molecule has 1 aromatic heterocycles. The number of aromatic nitrogens is 2. The van der Waals surface area contributed by atoms with Crippen molar-refractivity contribution < 1.29 is 35.9 Å². The van der Waals surface area contributed by atoms with Crippen LogP contribution in [0.25, 0.3) is 0 Å². The second kappa shape index (κ2) is 7.46. The van der Waals surface area contributed by atoms with E-state index >= 15 is 0 Å². The van der Waals surface area contributed by atoms with Gasteiger partial charge >= 0.3 is 12.4 Å². The maximum absolute atomic E-state index is 12.9. The number of hydrogen-bond acceptors (Lipinski definition) is 3. The summed E-state index contributed by atoms with van der Waals surface area (Å²) in [5.41, 5.74) is -3.68. The Hall–Kier alpha value is -2.56. The Morgan fingerprint density at radius 1 is 1.04 bits per heavy atom. The molecule has 1 fully saturated rings. The molecule has 1 aliphatic heterocycles. The molecule has 0 spiro atoms. The first-order chi connectivity index (χ1) is 13.0. The van der Waals surface area contributed by atoms with Gasteiger partial charge in [-0.3, -0.25) is 9.48 Å². The van der Waals surface area contributed by atoms with Gasteiger partial charge in [0.1, 0.15) is 0 Å². The molecule has 1 N–H and O–H groups in total. The van der Waals surface area contributed by atoms with Crippen LogP contribution in [0.2, 0.25) is 0 Å². The van der Waals surface area contributed by atoms with Gasteiger partial charge in [-0.05, 0) is 31.0 Å². The lowest BCUT2D eigenvalue weighted by Gasteiger charge is -2.22. The molecule has 11 heteroatoms. The third-order valence-corrected chi connectivity index (χ3v) is 4.27. The number of halogens is 6. The third kappa shape index (κ3) is 4.64. The van der Waals surface area contributed by atoms with Gasteiger partial charge in [-0.25, -0.2) is 0 Å². The molecule has 0 radical (unpaired) electrons. The van der Waals surface area contributed by atoms with Gasteiger partial charge in [-0.15, -0.1) is 0 Å². The fraction of sp³-hybridized carbons (Fsp3) is 0.412. The predicted octanol–water partition coefficient (Wildman–Crippen LogP) is 4.52. The molecule has 0 aliphatic carbocycles. The van der Waals surface area contributed by atoms with Crippen LogP contribution in [0.5, 0.6) is 0 Å². The van der Waals surface area contributed by atoms with Gasteiger partial charge in [0.2, 0.25) is 0 Å². The topological polar surface area (TPSA) is 56.2 Å². The van der Waals surface area contributed by atoms with Crippen molar-refractivity contribution in [1.29, 1.82) is 0 Å². The normalized spacial score (nSPS) is 16.2. The first-order valence-electron chi connectivity index (χ1n) is 8.27. The van der Waals surface area contributed by atoms with E-state index in [0.717, 1.165) is 0 Å². The highest BCUT2D eigenvalue weighted by atomic mass is 19.4. The van der Waals surface area contributed by atoms with Crippen molar-refractivity contribution in [3.05, 3.63) is 47.3 Å². The Labute approximate surface area is 155 Å². The Morgan fingerprint density at radius 2 is 1.61 bits per heavy atom. The van der Waals surface area contributed by atoms with Crippen LogP contribution in [0.1, 0.15) is 40.4 Å². The van der Waals surface area contributed by atoms with Gasteiger partial charge in [0.05, 0.1) is 29.1 Å². The number of carbonyl (C=O) groups is 1. The van der Waals surface area contributed by atoms with Gasteiger partial charge in [-0.1, -0.05) is 0 Å². The lowest BCUT2D eigenvalue weighted by atomic mass is 10.0. The molecule has 1 aliphatic rings. The van der Waals surface area contributed by atoms with Gasteiger partial charge in [0, 0.05) is 25.0 Å². The van der Waals surface area contributed by atoms with Crippen LogP contribution in [-0.2, 0) is 17.1 Å². The van der Waals surface area contributed by atoms with Crippen LogP contribution in [0, 0.1) is 0 Å². The molecule has 2 aromatic rings. The van der Waals surface area contributed by atoms with E-state index in [2.05, 4.69) is 10.4 Å². The standard InChI is InChI=1S/C17H15F6N3O2/c18-16(19,20)11-5-10(6-12(7-11)17(21,22)23)15(27)25-13-8-24-26(9-13)14-1-3-28-4-2-14/h5-9,14H,1-4H2,(H,25,27). The third-order valence-electron chi connectivity index (χ3n) is 4.27. The summed E-state index contributed by atoms with van der Waals surface area (Å²) in [4.78, 5) is 12.3. The first-order valence-corrected chi connectivity index (χ1v) is 8.27. The summed E-state index contributed by atoms with van der Waals surface area (Å²) in [6, 6.07) is 0.783. The van der Waals surface area contributed by atoms with Gasteiger partial charge in [0.15, 0.2) is 0 Å². The number of alkyl halides is 6. The summed E-state index contributed by atoms with van der Waals surface area (Å²) in [6.07, 6.45) is -5.87. The van der Waals surface area contributed by atoms with Crippen molar-refractivity contribution in [1.82, 2.24) is 9.78 Å². The molecule has 1 aromatic carbocycles. The lowest BCUT2D eigenvalue weighted by Crippen LogP contribution is -2.20. The number of rotatable bonds is 3. The fourth-order valence-corrected chi connectivity index (χ4v) is 2.84. The highest BCUT2D eigenvalue weighted by molar-refractivity contribution is 6.04. The number of hydrogen-bond donors (Lipinski definition) is 1. The Balaban J connectivity index is 1.83. The average Bonchev–Trinajstić information content (AvgIpc) is 3.09. The number of benzene rings is 1. The van der Waals surface area contributed by atoms with Crippen molar-refractivity contribution in [2.75, 3.05) is 18.5 Å². The van der Waals surface area contributed by atoms with Crippen molar-refractivity contribution in [3.8, 4) is 0 Å². The van der Waals surface area contributed by atoms with E-state index in [1.165, 1.54) is 12.4 Å². The molecule has 0 saturated carbocycles. The van der Waals surface area contributed by atoms with Crippen LogP contribution < -0.4 is 5.32 Å². The van der Waals surface area contributed by atoms with E-state index in [-0.39, 0.29) is 17.8 Å². The number of anilines is 1. The van der Waals surface area contributed by atoms with E-state index in [4.69, 9.17) is 4.74 Å². The van der Waals surface area contributed by atoms with Gasteiger partial charge < -0.3 is 10.1 Å². The molecule has 2 heterocycles. The molecule has 1 amide bonds. The Morgan fingerprint density at radius 3 is 2.14 bits per heavy atom. The Kier molecular flexibility index (Phi) is 5.37. The molecule has 0 unspecified atom stereocenters. The molecule has 0 atom stereocenters. The van der Waals surface area contributed by atoms with Crippen LogP contribution >= 0.6 is 0 Å². The lowest BCUT2D eigenvalue weighted by molar-refractivity contribution is -0.143. The molecule has 152 valence electrons. The van der Waals surface area contributed by atoms with E-state index < -0.39 is 35.0 Å². The fourth-order valence-electron chi connectivity index (χ4n) is 2.84. The summed E-state index contributed by atoms with van der Waals surface area (Å²) < 4.78 is 84.3. The zero-order chi connectivity index (χ0) is 20.5. The summed E-state index contributed by atoms with van der Waals surface area (Å²) in [7, 11) is 0. The Bertz CT molecular complexity index is 821. The molecule has 5 nitrogen and oxygen atoms in total. The second-order valence-electron chi connectivity index (χ2n) is 6.30. The summed E-state index contributed by atoms with van der Waals surface area (Å²) in [6.45, 7) is 1.10. The monoisotopic (exact) mass is 407 g/mol. The minimum Gasteiger partial charge on any atom is -0.381 e. The summed E-state index contributed by atoms with van der Waals surface area (Å²) in [5.74, 6) is -1.09. The van der Waals surface area contributed by atoms with Crippen LogP contribution in [0.3, 0.4) is 0 Å². The number of ether oxygens (including phenoxy) is 1. The molecular formula is C17H15F6N3O2. The number of amides is 1. The molecule has 28 heavy (non-hydrogen) atoms. The van der Waals surface area contributed by atoms with Crippen molar-refractivity contribution in [2.24, 2.45) is 0 Å². The number of carbonyl (C=O) groups excluding carboxylic acids is 1. The summed E-state index contributed by atoms with van der Waals surface area (Å²) >= 11 is 0. The highest BCUT2D eigenvalue weighted by Crippen LogP contribution is 2.36. The largest absolute Gasteiger partial charge is 0.416 e. The molecule has 1 saturated heterocycles. The predicted molar refractivity (Wildman–Crippen MR) is 85.7 cm³/mol. The van der Waals surface area contributed by atoms with Crippen molar-refractivity contribution >= 4 is 11.6 Å². The maximum atomic E-state index is 12.9. The van der Waals surface area contributed by atoms with Crippen molar-refractivity contribution in [3.63, 3.8) is 0 Å². The quantitative estimate of drug-likeness (QED) is 0.761. The van der Waals surface area contributed by atoms with Gasteiger partial charge in [-0.2, -0.15) is 31.4 Å².